The van der Waals surface area contributed by atoms with Crippen LogP contribution < -0.4 is 0 Å². The summed E-state index contributed by atoms with van der Waals surface area (Å²) < 4.78 is 0.575. The third kappa shape index (κ3) is 2.84. The Balaban J connectivity index is 2.93. The molecule has 2 rings (SSSR count). The van der Waals surface area contributed by atoms with E-state index in [9.17, 15) is 24.6 Å². The minimum Gasteiger partial charge on any atom is -0.478 e. The normalized spacial score (nSPS) is 11.0. The molecule has 0 amide bonds. The highest BCUT2D eigenvalue weighted by Gasteiger charge is 2.26. The average Bonchev–Trinajstić information content (AvgIpc) is 2.78. The van der Waals surface area contributed by atoms with Gasteiger partial charge in [-0.2, -0.15) is 0 Å². The Morgan fingerprint density at radius 3 is 2.26 bits per heavy atom. The molecule has 0 bridgehead atoms. The lowest BCUT2D eigenvalue weighted by Crippen LogP contribution is -2.15. The summed E-state index contributed by atoms with van der Waals surface area (Å²) in [6, 6.07) is 3.65. The van der Waals surface area contributed by atoms with Gasteiger partial charge in [0, 0.05) is 19.5 Å². The summed E-state index contributed by atoms with van der Waals surface area (Å²) in [6.07, 6.45) is -0.192. The average molecular weight is 319 g/mol. The number of aromatic nitrogens is 1. The van der Waals surface area contributed by atoms with Gasteiger partial charge in [-0.15, -0.1) is 0 Å². The van der Waals surface area contributed by atoms with Crippen LogP contribution in [-0.4, -0.2) is 63.3 Å². The molecule has 0 saturated carbocycles. The molecule has 0 aliphatic rings. The quantitative estimate of drug-likeness (QED) is 0.578. The van der Waals surface area contributed by atoms with Gasteiger partial charge in [-0.05, 0) is 18.2 Å². The van der Waals surface area contributed by atoms with Crippen LogP contribution in [0.1, 0.15) is 20.8 Å². The Hall–Kier alpha value is -3.36. The molecule has 0 aliphatic carbocycles. The van der Waals surface area contributed by atoms with Crippen molar-refractivity contribution in [3.05, 3.63) is 29.5 Å². The summed E-state index contributed by atoms with van der Waals surface area (Å²) in [4.78, 5) is 39.6. The highest BCUT2D eigenvalue weighted by Crippen LogP contribution is 2.34. The third-order valence-electron chi connectivity index (χ3n) is 3.00. The summed E-state index contributed by atoms with van der Waals surface area (Å²) in [5.74, 6) is -2.69. The van der Waals surface area contributed by atoms with Crippen LogP contribution in [0.15, 0.2) is 23.2 Å². The molecule has 0 atom stereocenters. The van der Waals surface area contributed by atoms with Crippen LogP contribution in [0, 0.1) is 0 Å². The molecule has 9 nitrogen and oxygen atoms in total. The van der Waals surface area contributed by atoms with E-state index in [0.29, 0.717) is 4.57 Å². The van der Waals surface area contributed by atoms with Crippen molar-refractivity contribution >= 4 is 41.0 Å². The Labute approximate surface area is 129 Å². The van der Waals surface area contributed by atoms with Gasteiger partial charge in [0.05, 0.1) is 17.4 Å². The van der Waals surface area contributed by atoms with Crippen LogP contribution in [-0.2, 0) is 0 Å². The molecule has 2 aromatic rings. The summed E-state index contributed by atoms with van der Waals surface area (Å²) >= 11 is 0. The van der Waals surface area contributed by atoms with E-state index in [-0.39, 0.29) is 22.2 Å². The number of carboxylic acid groups (broad SMARTS) is 3. The van der Waals surface area contributed by atoms with Crippen molar-refractivity contribution in [2.24, 2.45) is 4.99 Å². The first-order valence-electron chi connectivity index (χ1n) is 6.33. The van der Waals surface area contributed by atoms with Gasteiger partial charge in [-0.3, -0.25) is 0 Å². The second-order valence-electron chi connectivity index (χ2n) is 4.87. The standard InChI is InChI=1S/C14H13N3O6/c1-16(2)6-15-10-8-5-7(12(18)19)3-4-9(8)17(14(22)23)11(10)13(20)21/h3-6H,1-2H3,(H,18,19)(H,20,21)(H,22,23). The fraction of sp³-hybridized carbons (Fsp3) is 0.143. The van der Waals surface area contributed by atoms with Crippen molar-refractivity contribution in [2.45, 2.75) is 0 Å². The van der Waals surface area contributed by atoms with E-state index in [2.05, 4.69) is 4.99 Å². The van der Waals surface area contributed by atoms with E-state index in [1.165, 1.54) is 29.4 Å². The molecule has 0 unspecified atom stereocenters. The maximum Gasteiger partial charge on any atom is 0.416 e. The van der Waals surface area contributed by atoms with E-state index in [1.807, 2.05) is 0 Å². The lowest BCUT2D eigenvalue weighted by molar-refractivity contribution is 0.0680. The number of fused-ring (bicyclic) bond motifs is 1. The second kappa shape index (κ2) is 5.79. The molecule has 23 heavy (non-hydrogen) atoms. The number of hydrogen-bond donors (Lipinski definition) is 3. The van der Waals surface area contributed by atoms with Crippen LogP contribution in [0.3, 0.4) is 0 Å². The fourth-order valence-electron chi connectivity index (χ4n) is 2.11. The number of carboxylic acids is 2. The van der Waals surface area contributed by atoms with E-state index in [0.717, 1.165) is 0 Å². The van der Waals surface area contributed by atoms with Crippen molar-refractivity contribution < 1.29 is 29.7 Å². The molecule has 0 fully saturated rings. The molecule has 9 heteroatoms. The van der Waals surface area contributed by atoms with Crippen molar-refractivity contribution in [1.29, 1.82) is 0 Å². The maximum atomic E-state index is 11.5. The minimum atomic E-state index is -1.50. The molecular formula is C14H13N3O6. The number of aliphatic imine (C=N–C) groups is 1. The van der Waals surface area contributed by atoms with Crippen molar-refractivity contribution in [1.82, 2.24) is 9.47 Å². The predicted molar refractivity (Wildman–Crippen MR) is 81.1 cm³/mol. The van der Waals surface area contributed by atoms with Gasteiger partial charge in [-0.25, -0.2) is 23.9 Å². The van der Waals surface area contributed by atoms with E-state index in [4.69, 9.17) is 5.11 Å². The SMILES string of the molecule is CN(C)C=Nc1c(C(=O)O)n(C(=O)O)c2ccc(C(=O)O)cc12. The van der Waals surface area contributed by atoms with Crippen molar-refractivity contribution in [3.63, 3.8) is 0 Å². The minimum absolute atomic E-state index is 0.0470. The molecule has 3 N–H and O–H groups in total. The summed E-state index contributed by atoms with van der Waals surface area (Å²) in [5.41, 5.74) is -0.719. The number of hydrogen-bond acceptors (Lipinski definition) is 4. The monoisotopic (exact) mass is 319 g/mol. The first kappa shape index (κ1) is 16.0. The van der Waals surface area contributed by atoms with Crippen LogP contribution in [0.4, 0.5) is 10.5 Å². The molecule has 1 heterocycles. The summed E-state index contributed by atoms with van der Waals surface area (Å²) in [5, 5.41) is 27.8. The number of rotatable bonds is 4. The van der Waals surface area contributed by atoms with Crippen molar-refractivity contribution in [3.8, 4) is 0 Å². The molecule has 0 spiro atoms. The van der Waals surface area contributed by atoms with Gasteiger partial charge in [0.1, 0.15) is 5.69 Å². The third-order valence-corrected chi connectivity index (χ3v) is 3.00. The zero-order chi connectivity index (χ0) is 17.3. The Morgan fingerprint density at radius 2 is 1.78 bits per heavy atom. The number of aromatic carboxylic acids is 2. The molecule has 1 aromatic heterocycles. The molecule has 0 aliphatic heterocycles. The van der Waals surface area contributed by atoms with Gasteiger partial charge >= 0.3 is 18.0 Å². The largest absolute Gasteiger partial charge is 0.478 e. The smallest absolute Gasteiger partial charge is 0.416 e. The van der Waals surface area contributed by atoms with Crippen LogP contribution >= 0.6 is 0 Å². The Morgan fingerprint density at radius 1 is 1.13 bits per heavy atom. The summed E-state index contributed by atoms with van der Waals surface area (Å²) in [6.45, 7) is 0. The Kier molecular flexibility index (Phi) is 4.04. The maximum absolute atomic E-state index is 11.5. The van der Waals surface area contributed by atoms with E-state index >= 15 is 0 Å². The van der Waals surface area contributed by atoms with Crippen LogP contribution in [0.25, 0.3) is 10.9 Å². The molecule has 0 saturated heterocycles. The van der Waals surface area contributed by atoms with Gasteiger partial charge in [0.2, 0.25) is 0 Å². The fourth-order valence-corrected chi connectivity index (χ4v) is 2.11. The first-order valence-corrected chi connectivity index (χ1v) is 6.33. The zero-order valence-electron chi connectivity index (χ0n) is 12.2. The molecule has 1 aromatic carbocycles. The number of carbonyl (C=O) groups is 3. The first-order chi connectivity index (χ1) is 10.7. The predicted octanol–water partition coefficient (Wildman–Crippen LogP) is 1.79. The lowest BCUT2D eigenvalue weighted by Gasteiger charge is -2.03. The number of benzene rings is 1. The topological polar surface area (TPSA) is 132 Å². The highest BCUT2D eigenvalue weighted by atomic mass is 16.4. The Bertz CT molecular complexity index is 850. The number of nitrogens with zero attached hydrogens (tertiary/aromatic N) is 3. The van der Waals surface area contributed by atoms with Crippen LogP contribution in [0.5, 0.6) is 0 Å². The molecular weight excluding hydrogens is 306 g/mol. The van der Waals surface area contributed by atoms with Gasteiger partial charge in [-0.1, -0.05) is 0 Å². The molecule has 0 radical (unpaired) electrons. The van der Waals surface area contributed by atoms with E-state index < -0.39 is 23.7 Å². The summed E-state index contributed by atoms with van der Waals surface area (Å²) in [7, 11) is 3.31. The van der Waals surface area contributed by atoms with Gasteiger partial charge in [0.15, 0.2) is 5.69 Å². The van der Waals surface area contributed by atoms with E-state index in [1.54, 1.807) is 14.1 Å². The molecule has 120 valence electrons. The zero-order valence-corrected chi connectivity index (χ0v) is 12.2. The second-order valence-corrected chi connectivity index (χ2v) is 4.87. The van der Waals surface area contributed by atoms with Crippen molar-refractivity contribution in [2.75, 3.05) is 14.1 Å². The van der Waals surface area contributed by atoms with Gasteiger partial charge < -0.3 is 20.2 Å². The van der Waals surface area contributed by atoms with Crippen LogP contribution in [0.2, 0.25) is 0 Å². The van der Waals surface area contributed by atoms with Gasteiger partial charge in [0.25, 0.3) is 0 Å². The lowest BCUT2D eigenvalue weighted by atomic mass is 10.1. The highest BCUT2D eigenvalue weighted by molar-refractivity contribution is 6.11.